The summed E-state index contributed by atoms with van der Waals surface area (Å²) in [5.74, 6) is 0.572. The summed E-state index contributed by atoms with van der Waals surface area (Å²) in [6.45, 7) is 0.937. The summed E-state index contributed by atoms with van der Waals surface area (Å²) in [6, 6.07) is 8.74. The number of furan rings is 1. The highest BCUT2D eigenvalue weighted by atomic mass is 35.5. The number of aliphatic hydroxyl groups is 1. The van der Waals surface area contributed by atoms with Crippen molar-refractivity contribution in [2.24, 2.45) is 17.9 Å². The van der Waals surface area contributed by atoms with Crippen LogP contribution in [-0.2, 0) is 20.1 Å². The molecule has 3 heterocycles. The maximum Gasteiger partial charge on any atom is 0.257 e. The number of aliphatic hydroxyl groups excluding tert-OH is 1. The smallest absolute Gasteiger partial charge is 0.257 e. The molecule has 0 radical (unpaired) electrons. The number of pyridine rings is 1. The Morgan fingerprint density at radius 2 is 2.08 bits per heavy atom. The molecule has 2 unspecified atom stereocenters. The molecule has 0 saturated heterocycles. The molecule has 2 atom stereocenters. The largest absolute Gasteiger partial charge is 0.443 e. The molecular weight excluding hydrogens is 524 g/mol. The van der Waals surface area contributed by atoms with Crippen molar-refractivity contribution in [1.82, 2.24) is 20.2 Å². The molecular formula is C23H27ClN6O4S2. The molecule has 3 aromatic rings. The quantitative estimate of drug-likeness (QED) is 0.299. The SMILES string of the molecule is CN1N=C(N)SC1SCC(O)CNCc1cc2c(=O)c(C(=O)NCc3ccc(Cl)cc3)cn(C)c2o1. The molecule has 1 aromatic carbocycles. The molecule has 2 aromatic heterocycles. The molecule has 5 N–H and O–H groups in total. The monoisotopic (exact) mass is 550 g/mol. The third-order valence-corrected chi connectivity index (χ3v) is 8.35. The van der Waals surface area contributed by atoms with E-state index in [4.69, 9.17) is 21.8 Å². The van der Waals surface area contributed by atoms with Crippen molar-refractivity contribution in [2.75, 3.05) is 19.3 Å². The molecule has 1 aliphatic rings. The first-order valence-corrected chi connectivity index (χ1v) is 13.4. The lowest BCUT2D eigenvalue weighted by Crippen LogP contribution is -2.29. The van der Waals surface area contributed by atoms with Gasteiger partial charge in [-0.05, 0) is 35.5 Å². The van der Waals surface area contributed by atoms with Crippen LogP contribution < -0.4 is 21.8 Å². The van der Waals surface area contributed by atoms with Crippen LogP contribution in [0.25, 0.3) is 11.1 Å². The Morgan fingerprint density at radius 1 is 1.33 bits per heavy atom. The Labute approximate surface area is 221 Å². The number of hydrogen-bond donors (Lipinski definition) is 4. The first-order chi connectivity index (χ1) is 17.2. The lowest BCUT2D eigenvalue weighted by atomic mass is 10.2. The van der Waals surface area contributed by atoms with Crippen molar-refractivity contribution in [1.29, 1.82) is 0 Å². The highest BCUT2D eigenvalue weighted by Gasteiger charge is 2.24. The molecule has 13 heteroatoms. The van der Waals surface area contributed by atoms with Gasteiger partial charge in [-0.1, -0.05) is 23.7 Å². The van der Waals surface area contributed by atoms with Crippen LogP contribution >= 0.6 is 35.1 Å². The van der Waals surface area contributed by atoms with Crippen LogP contribution in [0, 0.1) is 0 Å². The molecule has 0 aliphatic carbocycles. The van der Waals surface area contributed by atoms with Crippen molar-refractivity contribution in [3.05, 3.63) is 68.7 Å². The van der Waals surface area contributed by atoms with Crippen LogP contribution in [0.1, 0.15) is 21.7 Å². The number of hydrazone groups is 1. The standard InChI is InChI=1S/C23H27ClN6O4S2/c1-29-11-18(20(33)27-8-13-3-5-14(24)6-4-13)19(32)17-7-16(34-21(17)29)10-26-9-15(31)12-35-23-30(2)28-22(25)36-23/h3-7,11,15,23,26,31H,8-10,12H2,1-2H3,(H2,25,28)(H,27,33). The van der Waals surface area contributed by atoms with Gasteiger partial charge in [0, 0.05) is 44.2 Å². The molecule has 0 spiro atoms. The van der Waals surface area contributed by atoms with Crippen molar-refractivity contribution < 1.29 is 14.3 Å². The minimum absolute atomic E-state index is 0.0334. The summed E-state index contributed by atoms with van der Waals surface area (Å²) in [6.07, 6.45) is 0.884. The van der Waals surface area contributed by atoms with E-state index >= 15 is 0 Å². The zero-order valence-corrected chi connectivity index (χ0v) is 22.1. The number of halogens is 1. The van der Waals surface area contributed by atoms with Gasteiger partial charge in [-0.2, -0.15) is 5.10 Å². The predicted molar refractivity (Wildman–Crippen MR) is 145 cm³/mol. The number of benzene rings is 1. The second-order valence-electron chi connectivity index (χ2n) is 8.28. The highest BCUT2D eigenvalue weighted by Crippen LogP contribution is 2.31. The Bertz CT molecular complexity index is 1330. The summed E-state index contributed by atoms with van der Waals surface area (Å²) in [7, 11) is 3.56. The van der Waals surface area contributed by atoms with Crippen LogP contribution in [0.2, 0.25) is 5.02 Å². The van der Waals surface area contributed by atoms with Crippen molar-refractivity contribution in [2.45, 2.75) is 23.9 Å². The van der Waals surface area contributed by atoms with Crippen molar-refractivity contribution in [3.8, 4) is 0 Å². The van der Waals surface area contributed by atoms with Gasteiger partial charge in [0.15, 0.2) is 5.17 Å². The van der Waals surface area contributed by atoms with Crippen molar-refractivity contribution in [3.63, 3.8) is 0 Å². The van der Waals surface area contributed by atoms with Crippen LogP contribution in [-0.4, -0.2) is 55.9 Å². The Hall–Kier alpha value is -2.64. The molecule has 0 saturated carbocycles. The lowest BCUT2D eigenvalue weighted by molar-refractivity contribution is 0.0949. The van der Waals surface area contributed by atoms with E-state index in [1.807, 2.05) is 19.2 Å². The van der Waals surface area contributed by atoms with Gasteiger partial charge < -0.3 is 30.5 Å². The number of aryl methyl sites for hydroxylation is 1. The van der Waals surface area contributed by atoms with E-state index in [0.29, 0.717) is 45.9 Å². The van der Waals surface area contributed by atoms with Crippen LogP contribution in [0.3, 0.4) is 0 Å². The van der Waals surface area contributed by atoms with Gasteiger partial charge in [-0.3, -0.25) is 14.6 Å². The van der Waals surface area contributed by atoms with Gasteiger partial charge in [0.05, 0.1) is 18.0 Å². The first kappa shape index (κ1) is 26.4. The Balaban J connectivity index is 1.33. The number of amides is 1. The fraction of sp³-hybridized carbons (Fsp3) is 0.348. The number of fused-ring (bicyclic) bond motifs is 1. The molecule has 10 nitrogen and oxygen atoms in total. The summed E-state index contributed by atoms with van der Waals surface area (Å²) < 4.78 is 7.50. The predicted octanol–water partition coefficient (Wildman–Crippen LogP) is 2.09. The summed E-state index contributed by atoms with van der Waals surface area (Å²) >= 11 is 8.90. The first-order valence-electron chi connectivity index (χ1n) is 11.1. The Kier molecular flexibility index (Phi) is 8.52. The molecule has 36 heavy (non-hydrogen) atoms. The maximum absolute atomic E-state index is 13.0. The topological polar surface area (TPSA) is 138 Å². The van der Waals surface area contributed by atoms with Crippen LogP contribution in [0.4, 0.5) is 0 Å². The molecule has 4 rings (SSSR count). The van der Waals surface area contributed by atoms with E-state index in [1.165, 1.54) is 18.0 Å². The van der Waals surface area contributed by atoms with Crippen LogP contribution in [0.5, 0.6) is 0 Å². The van der Waals surface area contributed by atoms with Gasteiger partial charge in [-0.15, -0.1) is 11.8 Å². The van der Waals surface area contributed by atoms with Crippen LogP contribution in [0.15, 0.2) is 50.8 Å². The van der Waals surface area contributed by atoms with Gasteiger partial charge in [-0.25, -0.2) is 0 Å². The van der Waals surface area contributed by atoms with Gasteiger partial charge >= 0.3 is 0 Å². The molecule has 0 fully saturated rings. The fourth-order valence-electron chi connectivity index (χ4n) is 3.60. The third kappa shape index (κ3) is 6.37. The fourth-order valence-corrected chi connectivity index (χ4v) is 5.88. The number of nitrogens with one attached hydrogen (secondary N) is 2. The van der Waals surface area contributed by atoms with Gasteiger partial charge in [0.1, 0.15) is 16.0 Å². The second kappa shape index (κ2) is 11.6. The average molecular weight is 551 g/mol. The van der Waals surface area contributed by atoms with E-state index in [2.05, 4.69) is 15.7 Å². The molecule has 1 amide bonds. The van der Waals surface area contributed by atoms with Gasteiger partial charge in [0.25, 0.3) is 5.91 Å². The van der Waals surface area contributed by atoms with E-state index in [0.717, 1.165) is 5.56 Å². The number of aromatic nitrogens is 1. The average Bonchev–Trinajstić information content (AvgIpc) is 3.42. The number of carbonyl (C=O) groups is 1. The number of rotatable bonds is 10. The van der Waals surface area contributed by atoms with Gasteiger partial charge in [0.2, 0.25) is 11.1 Å². The number of nitrogens with zero attached hydrogens (tertiary/aromatic N) is 3. The Morgan fingerprint density at radius 3 is 2.78 bits per heavy atom. The summed E-state index contributed by atoms with van der Waals surface area (Å²) in [4.78, 5) is 25.7. The van der Waals surface area contributed by atoms with E-state index < -0.39 is 17.4 Å². The summed E-state index contributed by atoms with van der Waals surface area (Å²) in [5, 5.41) is 23.6. The van der Waals surface area contributed by atoms with E-state index in [-0.39, 0.29) is 16.8 Å². The normalized spacial score (nSPS) is 16.4. The zero-order chi connectivity index (χ0) is 25.8. The highest BCUT2D eigenvalue weighted by molar-refractivity contribution is 8.25. The summed E-state index contributed by atoms with van der Waals surface area (Å²) in [5.41, 5.74) is 6.59. The number of thioether (sulfide) groups is 2. The minimum atomic E-state index is -0.586. The van der Waals surface area contributed by atoms with E-state index in [1.54, 1.807) is 46.6 Å². The molecule has 1 aliphatic heterocycles. The molecule has 0 bridgehead atoms. The number of nitrogens with two attached hydrogens (primary N) is 1. The number of hydrogen-bond acceptors (Lipinski definition) is 10. The van der Waals surface area contributed by atoms with E-state index in [9.17, 15) is 14.7 Å². The number of amidine groups is 1. The maximum atomic E-state index is 13.0. The van der Waals surface area contributed by atoms with Crippen molar-refractivity contribution >= 4 is 57.3 Å². The minimum Gasteiger partial charge on any atom is -0.443 e. The third-order valence-electron chi connectivity index (χ3n) is 5.40. The molecule has 192 valence electrons. The zero-order valence-electron chi connectivity index (χ0n) is 19.7. The second-order valence-corrected chi connectivity index (χ2v) is 11.2. The lowest BCUT2D eigenvalue weighted by Gasteiger charge is -2.18. The number of carbonyl (C=O) groups excluding carboxylic acids is 1.